The van der Waals surface area contributed by atoms with E-state index in [1.54, 1.807) is 6.92 Å². The average molecular weight is 284 g/mol. The molecule has 4 nitrogen and oxygen atoms in total. The molecule has 0 unspecified atom stereocenters. The number of carbonyl (C=O) groups excluding carboxylic acids is 1. The molecule has 0 aliphatic heterocycles. The largest absolute Gasteiger partial charge is 0.466 e. The van der Waals surface area contributed by atoms with Crippen molar-refractivity contribution in [1.82, 2.24) is 5.16 Å². The highest BCUT2D eigenvalue weighted by atomic mass is 79.9. The van der Waals surface area contributed by atoms with Crippen molar-refractivity contribution in [3.05, 3.63) is 28.4 Å². The molecule has 0 bridgehead atoms. The first-order valence-electron chi connectivity index (χ1n) is 4.90. The fourth-order valence-electron chi connectivity index (χ4n) is 1.44. The number of esters is 1. The SMILES string of the molecule is CCOC(=O)Cc1noc2cc(Br)ccc12. The molecule has 1 heterocycles. The highest BCUT2D eigenvalue weighted by Gasteiger charge is 2.12. The molecule has 5 heteroatoms. The number of nitrogens with zero attached hydrogens (tertiary/aromatic N) is 1. The molecular weight excluding hydrogens is 274 g/mol. The van der Waals surface area contributed by atoms with Crippen molar-refractivity contribution in [2.24, 2.45) is 0 Å². The topological polar surface area (TPSA) is 52.3 Å². The van der Waals surface area contributed by atoms with Crippen LogP contribution in [0.2, 0.25) is 0 Å². The van der Waals surface area contributed by atoms with Gasteiger partial charge in [0.1, 0.15) is 5.69 Å². The predicted molar refractivity (Wildman–Crippen MR) is 62.0 cm³/mol. The van der Waals surface area contributed by atoms with Gasteiger partial charge in [-0.1, -0.05) is 21.1 Å². The number of ether oxygens (including phenoxy) is 1. The van der Waals surface area contributed by atoms with E-state index in [1.807, 2.05) is 18.2 Å². The van der Waals surface area contributed by atoms with E-state index < -0.39 is 0 Å². The number of carbonyl (C=O) groups is 1. The molecule has 16 heavy (non-hydrogen) atoms. The second kappa shape index (κ2) is 4.65. The highest BCUT2D eigenvalue weighted by molar-refractivity contribution is 9.10. The second-order valence-corrected chi connectivity index (χ2v) is 4.17. The quantitative estimate of drug-likeness (QED) is 0.813. The Kier molecular flexibility index (Phi) is 3.24. The second-order valence-electron chi connectivity index (χ2n) is 3.25. The van der Waals surface area contributed by atoms with E-state index in [0.717, 1.165) is 9.86 Å². The van der Waals surface area contributed by atoms with Crippen LogP contribution in [-0.2, 0) is 16.0 Å². The van der Waals surface area contributed by atoms with Gasteiger partial charge in [-0.25, -0.2) is 0 Å². The molecular formula is C11H10BrNO3. The molecule has 0 aliphatic rings. The van der Waals surface area contributed by atoms with Gasteiger partial charge in [0.05, 0.1) is 13.0 Å². The van der Waals surface area contributed by atoms with Gasteiger partial charge in [-0.2, -0.15) is 0 Å². The van der Waals surface area contributed by atoms with Crippen LogP contribution >= 0.6 is 15.9 Å². The van der Waals surface area contributed by atoms with Crippen molar-refractivity contribution in [1.29, 1.82) is 0 Å². The van der Waals surface area contributed by atoms with E-state index in [4.69, 9.17) is 9.26 Å². The van der Waals surface area contributed by atoms with Gasteiger partial charge in [-0.05, 0) is 25.1 Å². The van der Waals surface area contributed by atoms with Gasteiger partial charge >= 0.3 is 5.97 Å². The summed E-state index contributed by atoms with van der Waals surface area (Å²) in [6.07, 6.45) is 0.141. The Balaban J connectivity index is 2.28. The first-order chi connectivity index (χ1) is 7.70. The van der Waals surface area contributed by atoms with E-state index >= 15 is 0 Å². The van der Waals surface area contributed by atoms with Crippen molar-refractivity contribution >= 4 is 32.9 Å². The summed E-state index contributed by atoms with van der Waals surface area (Å²) in [5.41, 5.74) is 1.27. The Morgan fingerprint density at radius 1 is 1.56 bits per heavy atom. The van der Waals surface area contributed by atoms with Crippen molar-refractivity contribution in [2.45, 2.75) is 13.3 Å². The zero-order valence-corrected chi connectivity index (χ0v) is 10.3. The van der Waals surface area contributed by atoms with E-state index in [1.165, 1.54) is 0 Å². The molecule has 84 valence electrons. The van der Waals surface area contributed by atoms with Crippen LogP contribution in [0.1, 0.15) is 12.6 Å². The van der Waals surface area contributed by atoms with Gasteiger partial charge in [0.15, 0.2) is 5.58 Å². The lowest BCUT2D eigenvalue weighted by Gasteiger charge is -1.98. The molecule has 0 fully saturated rings. The molecule has 0 saturated heterocycles. The highest BCUT2D eigenvalue weighted by Crippen LogP contribution is 2.23. The van der Waals surface area contributed by atoms with Crippen molar-refractivity contribution in [2.75, 3.05) is 6.61 Å². The van der Waals surface area contributed by atoms with Crippen LogP contribution in [0.4, 0.5) is 0 Å². The van der Waals surface area contributed by atoms with E-state index in [-0.39, 0.29) is 12.4 Å². The molecule has 2 aromatic rings. The van der Waals surface area contributed by atoms with Crippen LogP contribution in [0.25, 0.3) is 11.0 Å². The number of hydrogen-bond acceptors (Lipinski definition) is 4. The lowest BCUT2D eigenvalue weighted by molar-refractivity contribution is -0.142. The number of fused-ring (bicyclic) bond motifs is 1. The number of aromatic nitrogens is 1. The van der Waals surface area contributed by atoms with Crippen LogP contribution in [-0.4, -0.2) is 17.7 Å². The molecule has 0 radical (unpaired) electrons. The van der Waals surface area contributed by atoms with E-state index in [2.05, 4.69) is 21.1 Å². The molecule has 2 rings (SSSR count). The molecule has 0 saturated carbocycles. The average Bonchev–Trinajstić information content (AvgIpc) is 2.61. The summed E-state index contributed by atoms with van der Waals surface area (Å²) in [5.74, 6) is -0.291. The summed E-state index contributed by atoms with van der Waals surface area (Å²) in [7, 11) is 0. The number of hydrogen-bond donors (Lipinski definition) is 0. The van der Waals surface area contributed by atoms with E-state index in [9.17, 15) is 4.79 Å². The van der Waals surface area contributed by atoms with Crippen LogP contribution in [0.15, 0.2) is 27.2 Å². The maximum absolute atomic E-state index is 11.3. The van der Waals surface area contributed by atoms with Crippen LogP contribution in [0.5, 0.6) is 0 Å². The van der Waals surface area contributed by atoms with Gasteiger partial charge in [-0.15, -0.1) is 0 Å². The normalized spacial score (nSPS) is 10.6. The first kappa shape index (κ1) is 11.1. The number of benzene rings is 1. The minimum absolute atomic E-state index is 0.141. The molecule has 1 aromatic carbocycles. The molecule has 0 spiro atoms. The van der Waals surface area contributed by atoms with Gasteiger partial charge in [0.2, 0.25) is 0 Å². The smallest absolute Gasteiger partial charge is 0.312 e. The Morgan fingerprint density at radius 2 is 2.38 bits per heavy atom. The molecule has 1 aromatic heterocycles. The fourth-order valence-corrected chi connectivity index (χ4v) is 1.78. The fraction of sp³-hybridized carbons (Fsp3) is 0.273. The molecule has 0 N–H and O–H groups in total. The summed E-state index contributed by atoms with van der Waals surface area (Å²) >= 11 is 3.34. The van der Waals surface area contributed by atoms with Crippen molar-refractivity contribution in [3.8, 4) is 0 Å². The zero-order chi connectivity index (χ0) is 11.5. The molecule has 0 amide bonds. The van der Waals surface area contributed by atoms with Gasteiger partial charge in [-0.3, -0.25) is 4.79 Å². The lowest BCUT2D eigenvalue weighted by Crippen LogP contribution is -2.07. The van der Waals surface area contributed by atoms with Crippen LogP contribution < -0.4 is 0 Å². The van der Waals surface area contributed by atoms with E-state index in [0.29, 0.717) is 17.9 Å². The maximum Gasteiger partial charge on any atom is 0.312 e. The summed E-state index contributed by atoms with van der Waals surface area (Å²) in [6, 6.07) is 5.57. The number of rotatable bonds is 3. The van der Waals surface area contributed by atoms with Gasteiger partial charge in [0, 0.05) is 9.86 Å². The zero-order valence-electron chi connectivity index (χ0n) is 8.70. The minimum Gasteiger partial charge on any atom is -0.466 e. The standard InChI is InChI=1S/C11H10BrNO3/c1-2-15-11(14)6-9-8-4-3-7(12)5-10(8)16-13-9/h3-5H,2,6H2,1H3. The Hall–Kier alpha value is -1.36. The third-order valence-electron chi connectivity index (χ3n) is 2.13. The summed E-state index contributed by atoms with van der Waals surface area (Å²) in [5, 5.41) is 4.71. The number of halogens is 1. The lowest BCUT2D eigenvalue weighted by atomic mass is 10.2. The third kappa shape index (κ3) is 2.24. The summed E-state index contributed by atoms with van der Waals surface area (Å²) in [6.45, 7) is 2.15. The Labute approximate surface area is 101 Å². The van der Waals surface area contributed by atoms with Gasteiger partial charge < -0.3 is 9.26 Å². The Morgan fingerprint density at radius 3 is 3.12 bits per heavy atom. The third-order valence-corrected chi connectivity index (χ3v) is 2.62. The summed E-state index contributed by atoms with van der Waals surface area (Å²) < 4.78 is 10.9. The molecule has 0 atom stereocenters. The first-order valence-corrected chi connectivity index (χ1v) is 5.69. The van der Waals surface area contributed by atoms with Gasteiger partial charge in [0.25, 0.3) is 0 Å². The van der Waals surface area contributed by atoms with Crippen molar-refractivity contribution in [3.63, 3.8) is 0 Å². The maximum atomic E-state index is 11.3. The Bertz CT molecular complexity index is 521. The van der Waals surface area contributed by atoms with Crippen molar-refractivity contribution < 1.29 is 14.1 Å². The monoisotopic (exact) mass is 283 g/mol. The predicted octanol–water partition coefficient (Wildman–Crippen LogP) is 2.70. The molecule has 0 aliphatic carbocycles. The summed E-state index contributed by atoms with van der Waals surface area (Å²) in [4.78, 5) is 11.3. The van der Waals surface area contributed by atoms with Crippen LogP contribution in [0.3, 0.4) is 0 Å². The van der Waals surface area contributed by atoms with Crippen LogP contribution in [0, 0.1) is 0 Å². The minimum atomic E-state index is -0.291.